The first kappa shape index (κ1) is 18.2. The molecule has 1 aliphatic rings. The van der Waals surface area contributed by atoms with E-state index in [9.17, 15) is 14.4 Å². The van der Waals surface area contributed by atoms with Crippen molar-refractivity contribution >= 4 is 40.0 Å². The molecule has 0 atom stereocenters. The largest absolute Gasteiger partial charge is 0.470 e. The van der Waals surface area contributed by atoms with E-state index in [-0.39, 0.29) is 5.56 Å². The summed E-state index contributed by atoms with van der Waals surface area (Å²) in [7, 11) is 0. The molecular formula is C20H14IN3O4. The molecule has 0 unspecified atom stereocenters. The molecule has 0 saturated carbocycles. The first-order valence-corrected chi connectivity index (χ1v) is 9.44. The molecule has 2 amide bonds. The molecule has 0 fully saturated rings. The van der Waals surface area contributed by atoms with E-state index in [4.69, 9.17) is 4.42 Å². The first-order valence-electron chi connectivity index (χ1n) is 8.36. The molecule has 0 bridgehead atoms. The van der Waals surface area contributed by atoms with Gasteiger partial charge in [-0.2, -0.15) is 0 Å². The number of carbonyl (C=O) groups is 2. The number of fused-ring (bicyclic) bond motifs is 1. The van der Waals surface area contributed by atoms with Crippen LogP contribution in [0.4, 0.5) is 0 Å². The third kappa shape index (κ3) is 3.50. The Kier molecular flexibility index (Phi) is 4.86. The Bertz CT molecular complexity index is 1160. The van der Waals surface area contributed by atoms with Crippen LogP contribution >= 0.6 is 22.6 Å². The van der Waals surface area contributed by atoms with Gasteiger partial charge < -0.3 is 9.73 Å². The van der Waals surface area contributed by atoms with Crippen molar-refractivity contribution in [3.8, 4) is 5.69 Å². The Labute approximate surface area is 173 Å². The molecule has 3 heterocycles. The third-order valence-corrected chi connectivity index (χ3v) is 4.98. The summed E-state index contributed by atoms with van der Waals surface area (Å²) in [5.74, 6) is -0.862. The van der Waals surface area contributed by atoms with Crippen molar-refractivity contribution in [2.24, 2.45) is 0 Å². The molecule has 0 radical (unpaired) electrons. The van der Waals surface area contributed by atoms with Gasteiger partial charge in [0.2, 0.25) is 0 Å². The Morgan fingerprint density at radius 3 is 2.68 bits per heavy atom. The molecular weight excluding hydrogens is 473 g/mol. The van der Waals surface area contributed by atoms with Gasteiger partial charge in [0.15, 0.2) is 0 Å². The number of benzene rings is 1. The minimum Gasteiger partial charge on any atom is -0.470 e. The maximum absolute atomic E-state index is 12.3. The molecule has 28 heavy (non-hydrogen) atoms. The smallest absolute Gasteiger partial charge is 0.260 e. The number of nitrogens with one attached hydrogen (secondary N) is 2. The number of pyridine rings is 1. The summed E-state index contributed by atoms with van der Waals surface area (Å²) in [5, 5.41) is 5.39. The van der Waals surface area contributed by atoms with Crippen LogP contribution in [-0.4, -0.2) is 16.4 Å². The molecule has 7 nitrogen and oxygen atoms in total. The summed E-state index contributed by atoms with van der Waals surface area (Å²) in [4.78, 5) is 36.5. The number of hydrogen-bond donors (Lipinski definition) is 2. The second-order valence-corrected chi connectivity index (χ2v) is 7.38. The minimum atomic E-state index is -0.456. The van der Waals surface area contributed by atoms with Crippen molar-refractivity contribution in [3.63, 3.8) is 0 Å². The standard InChI is InChI=1S/C20H14IN3O4/c21-13-1-2-15-16(8-13)17(20(27)23-19(15)26)10-22-9-12-3-5-24(18(25)7-12)14-4-6-28-11-14/h1-8,10-11,22H,9H2,(H,23,26,27)/b17-10-. The summed E-state index contributed by atoms with van der Waals surface area (Å²) in [6, 6.07) is 10.3. The fraction of sp³-hybridized carbons (Fsp3) is 0.0500. The number of aromatic nitrogens is 1. The highest BCUT2D eigenvalue weighted by Gasteiger charge is 2.27. The van der Waals surface area contributed by atoms with Crippen LogP contribution in [0.25, 0.3) is 11.3 Å². The number of carbonyl (C=O) groups excluding carboxylic acids is 2. The molecule has 4 rings (SSSR count). The zero-order valence-corrected chi connectivity index (χ0v) is 16.6. The van der Waals surface area contributed by atoms with Crippen LogP contribution in [-0.2, 0) is 11.3 Å². The van der Waals surface area contributed by atoms with Crippen LogP contribution in [0.5, 0.6) is 0 Å². The highest BCUT2D eigenvalue weighted by atomic mass is 127. The first-order chi connectivity index (χ1) is 13.5. The fourth-order valence-electron chi connectivity index (χ4n) is 2.95. The van der Waals surface area contributed by atoms with Gasteiger partial charge in [0.1, 0.15) is 6.26 Å². The van der Waals surface area contributed by atoms with Crippen LogP contribution in [0.15, 0.2) is 70.5 Å². The van der Waals surface area contributed by atoms with E-state index < -0.39 is 11.8 Å². The van der Waals surface area contributed by atoms with Crippen molar-refractivity contribution < 1.29 is 14.0 Å². The molecule has 2 aromatic heterocycles. The van der Waals surface area contributed by atoms with Crippen molar-refractivity contribution in [2.45, 2.75) is 6.54 Å². The molecule has 0 saturated heterocycles. The number of furan rings is 1. The maximum Gasteiger partial charge on any atom is 0.260 e. The predicted molar refractivity (Wildman–Crippen MR) is 111 cm³/mol. The highest BCUT2D eigenvalue weighted by molar-refractivity contribution is 14.1. The average Bonchev–Trinajstić information content (AvgIpc) is 3.18. The number of amides is 2. The Hall–Kier alpha value is -3.14. The number of nitrogens with zero attached hydrogens (tertiary/aromatic N) is 1. The quantitative estimate of drug-likeness (QED) is 0.335. The van der Waals surface area contributed by atoms with Gasteiger partial charge in [-0.15, -0.1) is 0 Å². The van der Waals surface area contributed by atoms with Crippen molar-refractivity contribution in [1.82, 2.24) is 15.2 Å². The SMILES string of the molecule is O=C1NC(=O)c2ccc(I)cc2/C1=C/NCc1ccn(-c2ccoc2)c(=O)c1. The lowest BCUT2D eigenvalue weighted by Crippen LogP contribution is -2.37. The van der Waals surface area contributed by atoms with E-state index in [0.717, 1.165) is 9.13 Å². The van der Waals surface area contributed by atoms with E-state index >= 15 is 0 Å². The number of halogens is 1. The summed E-state index contributed by atoms with van der Waals surface area (Å²) in [5.41, 5.74) is 2.64. The Morgan fingerprint density at radius 2 is 1.93 bits per heavy atom. The van der Waals surface area contributed by atoms with E-state index in [1.807, 2.05) is 6.07 Å². The molecule has 0 aliphatic carbocycles. The Balaban J connectivity index is 1.55. The van der Waals surface area contributed by atoms with Crippen LogP contribution in [0, 0.1) is 3.57 Å². The monoisotopic (exact) mass is 487 g/mol. The molecule has 1 aromatic carbocycles. The van der Waals surface area contributed by atoms with Crippen LogP contribution in [0.3, 0.4) is 0 Å². The second-order valence-electron chi connectivity index (χ2n) is 6.14. The van der Waals surface area contributed by atoms with Crippen molar-refractivity contribution in [1.29, 1.82) is 0 Å². The predicted octanol–water partition coefficient (Wildman–Crippen LogP) is 2.44. The van der Waals surface area contributed by atoms with Gasteiger partial charge in [0.05, 0.1) is 17.5 Å². The van der Waals surface area contributed by atoms with Crippen LogP contribution in [0.2, 0.25) is 0 Å². The lowest BCUT2D eigenvalue weighted by Gasteiger charge is -2.18. The normalized spacial score (nSPS) is 14.7. The molecule has 3 aromatic rings. The van der Waals surface area contributed by atoms with E-state index in [0.29, 0.717) is 28.9 Å². The fourth-order valence-corrected chi connectivity index (χ4v) is 3.44. The van der Waals surface area contributed by atoms with Gasteiger partial charge in [0, 0.05) is 45.8 Å². The van der Waals surface area contributed by atoms with Gasteiger partial charge in [-0.1, -0.05) is 0 Å². The topological polar surface area (TPSA) is 93.3 Å². The minimum absolute atomic E-state index is 0.186. The summed E-state index contributed by atoms with van der Waals surface area (Å²) in [6.45, 7) is 0.353. The van der Waals surface area contributed by atoms with Gasteiger partial charge in [-0.3, -0.25) is 24.3 Å². The molecule has 0 spiro atoms. The van der Waals surface area contributed by atoms with Gasteiger partial charge in [-0.25, -0.2) is 0 Å². The molecule has 1 aliphatic heterocycles. The van der Waals surface area contributed by atoms with Gasteiger partial charge in [-0.05, 0) is 52.4 Å². The third-order valence-electron chi connectivity index (χ3n) is 4.31. The van der Waals surface area contributed by atoms with Crippen molar-refractivity contribution in [2.75, 3.05) is 0 Å². The molecule has 8 heteroatoms. The molecule has 2 N–H and O–H groups in total. The van der Waals surface area contributed by atoms with Crippen LogP contribution in [0.1, 0.15) is 21.5 Å². The maximum atomic E-state index is 12.3. The lowest BCUT2D eigenvalue weighted by atomic mass is 9.96. The van der Waals surface area contributed by atoms with E-state index in [1.165, 1.54) is 23.2 Å². The number of imide groups is 1. The number of rotatable bonds is 4. The highest BCUT2D eigenvalue weighted by Crippen LogP contribution is 2.25. The summed E-state index contributed by atoms with van der Waals surface area (Å²) in [6.07, 6.45) is 6.23. The van der Waals surface area contributed by atoms with E-state index in [2.05, 4.69) is 33.2 Å². The van der Waals surface area contributed by atoms with Crippen LogP contribution < -0.4 is 16.2 Å². The second kappa shape index (κ2) is 7.47. The van der Waals surface area contributed by atoms with Gasteiger partial charge >= 0.3 is 0 Å². The Morgan fingerprint density at radius 1 is 1.07 bits per heavy atom. The zero-order valence-electron chi connectivity index (χ0n) is 14.4. The molecule has 140 valence electrons. The van der Waals surface area contributed by atoms with Gasteiger partial charge in [0.25, 0.3) is 17.4 Å². The lowest BCUT2D eigenvalue weighted by molar-refractivity contribution is -0.114. The van der Waals surface area contributed by atoms with Crippen molar-refractivity contribution in [3.05, 3.63) is 91.9 Å². The zero-order chi connectivity index (χ0) is 19.7. The number of hydrogen-bond acceptors (Lipinski definition) is 5. The average molecular weight is 487 g/mol. The van der Waals surface area contributed by atoms with E-state index in [1.54, 1.807) is 36.7 Å². The summed E-state index contributed by atoms with van der Waals surface area (Å²) < 4.78 is 7.40. The summed E-state index contributed by atoms with van der Waals surface area (Å²) >= 11 is 2.13.